The van der Waals surface area contributed by atoms with Gasteiger partial charge in [-0.05, 0) is 65.6 Å². The maximum Gasteiger partial charge on any atom is 0.491 e. The SMILES string of the molecule is OB1OCCc2ccc(NOc3ccc(SC(F)(F)F)cc3)cc21. The fraction of sp³-hybridized carbons (Fsp3) is 0.200. The lowest BCUT2D eigenvalue weighted by molar-refractivity contribution is -0.0328. The van der Waals surface area contributed by atoms with Crippen LogP contribution in [-0.2, 0) is 11.1 Å². The average molecular weight is 355 g/mol. The summed E-state index contributed by atoms with van der Waals surface area (Å²) < 4.78 is 42.0. The van der Waals surface area contributed by atoms with E-state index < -0.39 is 12.6 Å². The van der Waals surface area contributed by atoms with Gasteiger partial charge in [0.05, 0.1) is 5.69 Å². The third-order valence-electron chi connectivity index (χ3n) is 3.40. The summed E-state index contributed by atoms with van der Waals surface area (Å²) in [4.78, 5) is 5.43. The molecule has 0 unspecified atom stereocenters. The highest BCUT2D eigenvalue weighted by Gasteiger charge is 2.29. The Balaban J connectivity index is 1.62. The lowest BCUT2D eigenvalue weighted by Gasteiger charge is -2.20. The summed E-state index contributed by atoms with van der Waals surface area (Å²) in [5.74, 6) is 0.371. The van der Waals surface area contributed by atoms with Gasteiger partial charge in [-0.3, -0.25) is 0 Å². The van der Waals surface area contributed by atoms with Gasteiger partial charge in [0.2, 0.25) is 0 Å². The van der Waals surface area contributed by atoms with Crippen molar-refractivity contribution in [3.8, 4) is 5.75 Å². The molecule has 2 N–H and O–H groups in total. The summed E-state index contributed by atoms with van der Waals surface area (Å²) in [5, 5.41) is 9.81. The van der Waals surface area contributed by atoms with Crippen molar-refractivity contribution in [3.63, 3.8) is 0 Å². The van der Waals surface area contributed by atoms with Crippen LogP contribution in [0.15, 0.2) is 47.4 Å². The highest BCUT2D eigenvalue weighted by atomic mass is 32.2. The summed E-state index contributed by atoms with van der Waals surface area (Å²) >= 11 is -0.178. The number of nitrogens with one attached hydrogen (secondary N) is 1. The quantitative estimate of drug-likeness (QED) is 0.502. The summed E-state index contributed by atoms with van der Waals surface area (Å²) in [6.45, 7) is 0.472. The molecule has 0 saturated heterocycles. The Hall–Kier alpha value is -1.84. The van der Waals surface area contributed by atoms with E-state index in [4.69, 9.17) is 9.49 Å². The molecule has 0 radical (unpaired) electrons. The topological polar surface area (TPSA) is 50.7 Å². The Bertz CT molecular complexity index is 712. The minimum absolute atomic E-state index is 0.0869. The number of alkyl halides is 3. The lowest BCUT2D eigenvalue weighted by Crippen LogP contribution is -2.41. The van der Waals surface area contributed by atoms with Gasteiger partial charge in [0.25, 0.3) is 0 Å². The molecule has 0 amide bonds. The molecular weight excluding hydrogens is 342 g/mol. The largest absolute Gasteiger partial charge is 0.491 e. The Kier molecular flexibility index (Phi) is 4.93. The molecule has 126 valence electrons. The average Bonchev–Trinajstić information content (AvgIpc) is 2.53. The first-order chi connectivity index (χ1) is 11.4. The highest BCUT2D eigenvalue weighted by molar-refractivity contribution is 8.00. The molecule has 0 atom stereocenters. The van der Waals surface area contributed by atoms with Crippen LogP contribution < -0.4 is 15.8 Å². The molecular formula is C15H13BF3NO3S. The molecule has 0 aliphatic carbocycles. The van der Waals surface area contributed by atoms with Crippen LogP contribution in [0.25, 0.3) is 0 Å². The van der Waals surface area contributed by atoms with E-state index in [0.29, 0.717) is 23.5 Å². The third-order valence-corrected chi connectivity index (χ3v) is 4.14. The summed E-state index contributed by atoms with van der Waals surface area (Å²) in [7, 11) is -0.964. The fourth-order valence-electron chi connectivity index (χ4n) is 2.31. The van der Waals surface area contributed by atoms with E-state index in [1.165, 1.54) is 24.3 Å². The number of fused-ring (bicyclic) bond motifs is 1. The molecule has 0 aromatic heterocycles. The lowest BCUT2D eigenvalue weighted by atomic mass is 9.73. The predicted octanol–water partition coefficient (Wildman–Crippen LogP) is 2.96. The molecule has 1 aliphatic heterocycles. The van der Waals surface area contributed by atoms with Gasteiger partial charge in [0.15, 0.2) is 5.75 Å². The van der Waals surface area contributed by atoms with Crippen molar-refractivity contribution in [1.82, 2.24) is 0 Å². The predicted molar refractivity (Wildman–Crippen MR) is 86.3 cm³/mol. The molecule has 1 aliphatic rings. The first kappa shape index (κ1) is 17.0. The maximum absolute atomic E-state index is 12.3. The molecule has 1 heterocycles. The van der Waals surface area contributed by atoms with Crippen LogP contribution in [0, 0.1) is 0 Å². The van der Waals surface area contributed by atoms with Crippen LogP contribution in [-0.4, -0.2) is 24.3 Å². The smallest absolute Gasteiger partial charge is 0.423 e. The first-order valence-corrected chi connectivity index (χ1v) is 7.93. The van der Waals surface area contributed by atoms with Gasteiger partial charge in [-0.25, -0.2) is 5.48 Å². The van der Waals surface area contributed by atoms with Crippen molar-refractivity contribution < 1.29 is 27.7 Å². The number of rotatable bonds is 4. The van der Waals surface area contributed by atoms with Crippen molar-refractivity contribution in [2.24, 2.45) is 0 Å². The van der Waals surface area contributed by atoms with Crippen LogP contribution in [0.4, 0.5) is 18.9 Å². The van der Waals surface area contributed by atoms with Gasteiger partial charge in [0.1, 0.15) is 0 Å². The van der Waals surface area contributed by atoms with E-state index in [-0.39, 0.29) is 16.7 Å². The van der Waals surface area contributed by atoms with Gasteiger partial charge < -0.3 is 14.5 Å². The van der Waals surface area contributed by atoms with Crippen LogP contribution in [0.5, 0.6) is 5.75 Å². The molecule has 3 rings (SSSR count). The van der Waals surface area contributed by atoms with E-state index in [1.807, 2.05) is 6.07 Å². The highest BCUT2D eigenvalue weighted by Crippen LogP contribution is 2.37. The monoisotopic (exact) mass is 355 g/mol. The Labute approximate surface area is 141 Å². The van der Waals surface area contributed by atoms with Gasteiger partial charge in [-0.1, -0.05) is 6.07 Å². The zero-order valence-electron chi connectivity index (χ0n) is 12.3. The van der Waals surface area contributed by atoms with E-state index in [0.717, 1.165) is 12.0 Å². The van der Waals surface area contributed by atoms with Crippen molar-refractivity contribution in [2.75, 3.05) is 12.1 Å². The Morgan fingerprint density at radius 3 is 2.62 bits per heavy atom. The second kappa shape index (κ2) is 6.96. The van der Waals surface area contributed by atoms with Gasteiger partial charge in [-0.15, -0.1) is 0 Å². The first-order valence-electron chi connectivity index (χ1n) is 7.12. The second-order valence-corrected chi connectivity index (χ2v) is 6.25. The second-order valence-electron chi connectivity index (χ2n) is 5.11. The standard InChI is InChI=1S/C15H13BF3NO3S/c17-15(18,19)24-13-5-3-12(4-6-13)23-20-11-2-1-10-7-8-22-16(21)14(10)9-11/h1-6,9,20-21H,7-8H2. The number of anilines is 1. The van der Waals surface area contributed by atoms with Gasteiger partial charge in [0, 0.05) is 11.5 Å². The van der Waals surface area contributed by atoms with Crippen LogP contribution in [0.3, 0.4) is 0 Å². The van der Waals surface area contributed by atoms with Gasteiger partial charge in [-0.2, -0.15) is 13.2 Å². The minimum atomic E-state index is -4.31. The minimum Gasteiger partial charge on any atom is -0.423 e. The number of thioether (sulfide) groups is 1. The molecule has 24 heavy (non-hydrogen) atoms. The summed E-state index contributed by atoms with van der Waals surface area (Å²) in [6.07, 6.45) is 0.728. The molecule has 0 bridgehead atoms. The van der Waals surface area contributed by atoms with Crippen molar-refractivity contribution >= 4 is 30.0 Å². The summed E-state index contributed by atoms with van der Waals surface area (Å²) in [6, 6.07) is 10.9. The fourth-order valence-corrected chi connectivity index (χ4v) is 2.85. The Morgan fingerprint density at radius 2 is 1.92 bits per heavy atom. The number of benzene rings is 2. The zero-order valence-corrected chi connectivity index (χ0v) is 13.2. The van der Waals surface area contributed by atoms with E-state index in [2.05, 4.69) is 5.48 Å². The number of hydrogen-bond acceptors (Lipinski definition) is 5. The van der Waals surface area contributed by atoms with Crippen molar-refractivity contribution in [2.45, 2.75) is 16.8 Å². The zero-order chi connectivity index (χ0) is 17.2. The molecule has 9 heteroatoms. The maximum atomic E-state index is 12.3. The van der Waals surface area contributed by atoms with Crippen molar-refractivity contribution in [3.05, 3.63) is 48.0 Å². The molecule has 0 fully saturated rings. The normalized spacial score (nSPS) is 14.2. The van der Waals surface area contributed by atoms with Crippen LogP contribution >= 0.6 is 11.8 Å². The third kappa shape index (κ3) is 4.37. The van der Waals surface area contributed by atoms with E-state index in [9.17, 15) is 18.2 Å². The Morgan fingerprint density at radius 1 is 1.17 bits per heavy atom. The molecule has 0 saturated carbocycles. The van der Waals surface area contributed by atoms with Crippen LogP contribution in [0.2, 0.25) is 0 Å². The van der Waals surface area contributed by atoms with E-state index in [1.54, 1.807) is 12.1 Å². The number of halogens is 3. The van der Waals surface area contributed by atoms with E-state index >= 15 is 0 Å². The molecule has 2 aromatic carbocycles. The molecule has 2 aromatic rings. The molecule has 0 spiro atoms. The molecule has 4 nitrogen and oxygen atoms in total. The number of hydrogen-bond donors (Lipinski definition) is 2. The van der Waals surface area contributed by atoms with Crippen molar-refractivity contribution in [1.29, 1.82) is 0 Å². The van der Waals surface area contributed by atoms with Crippen LogP contribution in [0.1, 0.15) is 5.56 Å². The van der Waals surface area contributed by atoms with Gasteiger partial charge >= 0.3 is 12.6 Å². The summed E-state index contributed by atoms with van der Waals surface area (Å²) in [5.41, 5.74) is 0.675.